The van der Waals surface area contributed by atoms with Crippen molar-refractivity contribution < 1.29 is 49.9 Å². The van der Waals surface area contributed by atoms with Gasteiger partial charge in [-0.1, -0.05) is 33.8 Å². The molecule has 0 unspecified atom stereocenters. The normalized spacial score (nSPS) is 11.6. The van der Waals surface area contributed by atoms with Gasteiger partial charge in [-0.3, -0.25) is 6.08 Å². The average molecular weight is 404 g/mol. The van der Waals surface area contributed by atoms with Gasteiger partial charge < -0.3 is 29.9 Å². The number of aryl methyl sites for hydroxylation is 1. The molecule has 1 aliphatic carbocycles. The minimum atomic E-state index is 0. The van der Waals surface area contributed by atoms with Crippen LogP contribution in [0.1, 0.15) is 59.1 Å². The zero-order chi connectivity index (χ0) is 17.3. The number of phenolic OH excluding ortho intramolecular Hbond substituents is 1. The first kappa shape index (κ1) is 28.5. The SMILES string of the molecule is CC1=[C-]CC=C1.C[C](C)=[Ti+].Cc1cc(O)cc(C(C)(C)C)c1.[Cl-].[Cl-]. The van der Waals surface area contributed by atoms with Crippen molar-refractivity contribution in [2.45, 2.75) is 60.3 Å². The number of benzene rings is 1. The van der Waals surface area contributed by atoms with Crippen molar-refractivity contribution in [1.29, 1.82) is 0 Å². The van der Waals surface area contributed by atoms with E-state index in [9.17, 15) is 5.11 Å². The van der Waals surface area contributed by atoms with Crippen LogP contribution < -0.4 is 24.8 Å². The molecule has 0 bridgehead atoms. The van der Waals surface area contributed by atoms with E-state index in [4.69, 9.17) is 0 Å². The Kier molecular flexibility index (Phi) is 16.5. The second-order valence-electron chi connectivity index (χ2n) is 6.77. The summed E-state index contributed by atoms with van der Waals surface area (Å²) in [4.78, 5) is 0. The van der Waals surface area contributed by atoms with Crippen LogP contribution in [0.4, 0.5) is 0 Å². The first-order chi connectivity index (χ1) is 10.0. The van der Waals surface area contributed by atoms with Gasteiger partial charge in [-0.05, 0) is 35.6 Å². The van der Waals surface area contributed by atoms with Crippen molar-refractivity contribution in [3.63, 3.8) is 0 Å². The molecule has 0 saturated heterocycles. The molecule has 1 aromatic rings. The Bertz CT molecular complexity index is 528. The zero-order valence-corrected chi connectivity index (χ0v) is 18.9. The minimum Gasteiger partial charge on any atom is -1.00 e. The van der Waals surface area contributed by atoms with Crippen LogP contribution >= 0.6 is 0 Å². The van der Waals surface area contributed by atoms with Crippen LogP contribution in [-0.4, -0.2) is 8.92 Å². The molecule has 1 aromatic carbocycles. The summed E-state index contributed by atoms with van der Waals surface area (Å²) < 4.78 is 1.42. The molecule has 0 heterocycles. The van der Waals surface area contributed by atoms with Crippen LogP contribution in [0.15, 0.2) is 35.9 Å². The summed E-state index contributed by atoms with van der Waals surface area (Å²) in [5.41, 5.74) is 3.68. The fourth-order valence-corrected chi connectivity index (χ4v) is 1.71. The molecule has 0 aromatic heterocycles. The topological polar surface area (TPSA) is 20.2 Å². The third-order valence-electron chi connectivity index (χ3n) is 2.79. The van der Waals surface area contributed by atoms with E-state index in [1.807, 2.05) is 13.0 Å². The van der Waals surface area contributed by atoms with Crippen molar-refractivity contribution in [3.05, 3.63) is 53.1 Å². The molecule has 0 radical (unpaired) electrons. The van der Waals surface area contributed by atoms with Crippen LogP contribution in [0, 0.1) is 13.0 Å². The maximum absolute atomic E-state index is 9.36. The molecule has 135 valence electrons. The molecule has 0 atom stereocenters. The Morgan fingerprint density at radius 3 is 1.83 bits per heavy atom. The number of aromatic hydroxyl groups is 1. The largest absolute Gasteiger partial charge is 1.00 e. The van der Waals surface area contributed by atoms with Crippen molar-refractivity contribution in [3.8, 4) is 5.75 Å². The quantitative estimate of drug-likeness (QED) is 0.455. The maximum atomic E-state index is 9.36. The van der Waals surface area contributed by atoms with Crippen LogP contribution in [0.2, 0.25) is 0 Å². The van der Waals surface area contributed by atoms with Crippen LogP contribution in [-0.2, 0) is 25.4 Å². The number of halogens is 2. The van der Waals surface area contributed by atoms with E-state index in [2.05, 4.69) is 85.8 Å². The molecule has 0 amide bonds. The summed E-state index contributed by atoms with van der Waals surface area (Å²) in [6.07, 6.45) is 8.33. The van der Waals surface area contributed by atoms with Gasteiger partial charge in [-0.2, -0.15) is 6.08 Å². The zero-order valence-electron chi connectivity index (χ0n) is 15.8. The Hall–Kier alpha value is -0.336. The van der Waals surface area contributed by atoms with E-state index in [0.29, 0.717) is 5.75 Å². The maximum Gasteiger partial charge on any atom is 0.116 e. The monoisotopic (exact) mass is 403 g/mol. The van der Waals surface area contributed by atoms with Gasteiger partial charge in [-0.15, -0.1) is 6.42 Å². The molecule has 24 heavy (non-hydrogen) atoms. The number of hydrogen-bond acceptors (Lipinski definition) is 1. The van der Waals surface area contributed by atoms with Crippen LogP contribution in [0.25, 0.3) is 0 Å². The van der Waals surface area contributed by atoms with Gasteiger partial charge in [0, 0.05) is 0 Å². The summed E-state index contributed by atoms with van der Waals surface area (Å²) in [6, 6.07) is 5.71. The van der Waals surface area contributed by atoms with Crippen LogP contribution in [0.5, 0.6) is 5.75 Å². The Morgan fingerprint density at radius 2 is 1.58 bits per heavy atom. The standard InChI is InChI=1S/C11H16O.C6H7.C3H6.2ClH.Ti/c1-8-5-9(11(2,3)4)7-10(12)6-8;1-6-4-2-3-5-6;1-3-2;;;/h5-7,12H,1-4H3;2,4H,3H2,1H3;1-2H3;2*1H;/q;-1;;;;+1/p-2. The minimum absolute atomic E-state index is 0. The Balaban J connectivity index is -0.000000311. The van der Waals surface area contributed by atoms with E-state index in [0.717, 1.165) is 12.0 Å². The van der Waals surface area contributed by atoms with Gasteiger partial charge in [-0.25, -0.2) is 11.6 Å². The molecular formula is C20H29Cl2OTi-2. The molecule has 4 heteroatoms. The Morgan fingerprint density at radius 1 is 1.08 bits per heavy atom. The first-order valence-electron chi connectivity index (χ1n) is 7.59. The first-order valence-corrected chi connectivity index (χ1v) is 8.37. The molecule has 1 nitrogen and oxygen atoms in total. The van der Waals surface area contributed by atoms with E-state index in [1.165, 1.54) is 14.9 Å². The van der Waals surface area contributed by atoms with Crippen molar-refractivity contribution in [2.24, 2.45) is 0 Å². The van der Waals surface area contributed by atoms with Crippen LogP contribution in [0.3, 0.4) is 0 Å². The van der Waals surface area contributed by atoms with Gasteiger partial charge in [0.25, 0.3) is 0 Å². The summed E-state index contributed by atoms with van der Waals surface area (Å²) in [7, 11) is 0. The number of phenols is 1. The summed E-state index contributed by atoms with van der Waals surface area (Å²) in [6.45, 7) is 14.6. The molecule has 0 saturated carbocycles. The molecular weight excluding hydrogens is 375 g/mol. The van der Waals surface area contributed by atoms with E-state index < -0.39 is 0 Å². The second kappa shape index (κ2) is 13.9. The smallest absolute Gasteiger partial charge is 0.116 e. The molecule has 0 spiro atoms. The summed E-state index contributed by atoms with van der Waals surface area (Å²) >= 11 is 2.08. The third-order valence-corrected chi connectivity index (χ3v) is 2.79. The van der Waals surface area contributed by atoms with Crippen molar-refractivity contribution in [1.82, 2.24) is 0 Å². The van der Waals surface area contributed by atoms with Crippen molar-refractivity contribution >= 4 is 3.81 Å². The van der Waals surface area contributed by atoms with Gasteiger partial charge in [0.15, 0.2) is 0 Å². The molecule has 2 rings (SSSR count). The van der Waals surface area contributed by atoms with Gasteiger partial charge in [0.05, 0.1) is 0 Å². The molecule has 1 N–H and O–H groups in total. The van der Waals surface area contributed by atoms with E-state index >= 15 is 0 Å². The second-order valence-corrected chi connectivity index (χ2v) is 8.34. The Labute approximate surface area is 172 Å². The van der Waals surface area contributed by atoms with Gasteiger partial charge >= 0.3 is 37.6 Å². The summed E-state index contributed by atoms with van der Waals surface area (Å²) in [5, 5.41) is 9.36. The third kappa shape index (κ3) is 15.2. The number of rotatable bonds is 0. The van der Waals surface area contributed by atoms with Gasteiger partial charge in [0.1, 0.15) is 5.75 Å². The van der Waals surface area contributed by atoms with Gasteiger partial charge in [0.2, 0.25) is 0 Å². The number of allylic oxidation sites excluding steroid dienone is 4. The average Bonchev–Trinajstić information content (AvgIpc) is 2.78. The predicted octanol–water partition coefficient (Wildman–Crippen LogP) is -0.553. The molecule has 0 fully saturated rings. The van der Waals surface area contributed by atoms with Crippen molar-refractivity contribution in [2.75, 3.05) is 0 Å². The fraction of sp³-hybridized carbons (Fsp3) is 0.450. The number of hydrogen-bond donors (Lipinski definition) is 1. The predicted molar refractivity (Wildman–Crippen MR) is 94.1 cm³/mol. The fourth-order valence-electron chi connectivity index (χ4n) is 1.71. The molecule has 0 aliphatic heterocycles. The summed E-state index contributed by atoms with van der Waals surface area (Å²) in [5.74, 6) is 0.361. The van der Waals surface area contributed by atoms with E-state index in [1.54, 1.807) is 6.07 Å². The molecule has 1 aliphatic rings. The van der Waals surface area contributed by atoms with E-state index in [-0.39, 0.29) is 30.2 Å².